The van der Waals surface area contributed by atoms with E-state index in [4.69, 9.17) is 10.7 Å². The van der Waals surface area contributed by atoms with Gasteiger partial charge in [-0.3, -0.25) is 4.98 Å². The SMILES string of the molecule is Cc1ccc(C(CO)n2cc(-c3nc4cc(F)c(F)cc4[nH]3)c3c(N4CCC(N)CC4)c(-c4cc(F)cc(F)c4)cnc32)nc1. The molecule has 2 aromatic carbocycles. The number of H-pyrrole nitrogens is 1. The average molecular weight is 616 g/mol. The van der Waals surface area contributed by atoms with Crippen LogP contribution in [0.25, 0.3) is 44.6 Å². The van der Waals surface area contributed by atoms with Gasteiger partial charge in [0, 0.05) is 67.0 Å². The lowest BCUT2D eigenvalue weighted by Gasteiger charge is -2.34. The number of nitrogens with one attached hydrogen (secondary N) is 1. The van der Waals surface area contributed by atoms with Crippen molar-refractivity contribution in [2.24, 2.45) is 5.73 Å². The van der Waals surface area contributed by atoms with Crippen molar-refractivity contribution in [3.8, 4) is 22.5 Å². The Morgan fingerprint density at radius 1 is 0.956 bits per heavy atom. The topological polar surface area (TPSA) is 109 Å². The molecule has 1 aliphatic heterocycles. The van der Waals surface area contributed by atoms with E-state index < -0.39 is 29.3 Å². The van der Waals surface area contributed by atoms with Crippen molar-refractivity contribution in [2.45, 2.75) is 31.8 Å². The van der Waals surface area contributed by atoms with Gasteiger partial charge in [-0.1, -0.05) is 6.07 Å². The van der Waals surface area contributed by atoms with E-state index in [2.05, 4.69) is 19.9 Å². The highest BCUT2D eigenvalue weighted by Gasteiger charge is 2.29. The monoisotopic (exact) mass is 615 g/mol. The number of piperidine rings is 1. The molecule has 12 heteroatoms. The van der Waals surface area contributed by atoms with Gasteiger partial charge in [-0.05, 0) is 49.1 Å². The number of hydrogen-bond acceptors (Lipinski definition) is 6. The van der Waals surface area contributed by atoms with Crippen LogP contribution < -0.4 is 10.6 Å². The van der Waals surface area contributed by atoms with Gasteiger partial charge in [-0.25, -0.2) is 27.5 Å². The number of aryl methyl sites for hydroxylation is 1. The highest BCUT2D eigenvalue weighted by molar-refractivity contribution is 6.07. The summed E-state index contributed by atoms with van der Waals surface area (Å²) < 4.78 is 59.2. The molecule has 8 nitrogen and oxygen atoms in total. The molecule has 1 fully saturated rings. The van der Waals surface area contributed by atoms with Crippen LogP contribution in [0.2, 0.25) is 0 Å². The number of fused-ring (bicyclic) bond motifs is 2. The molecule has 1 atom stereocenters. The Labute approximate surface area is 255 Å². The Morgan fingerprint density at radius 2 is 1.69 bits per heavy atom. The molecule has 4 aromatic heterocycles. The summed E-state index contributed by atoms with van der Waals surface area (Å²) in [4.78, 5) is 19.2. The Balaban J connectivity index is 1.55. The Kier molecular flexibility index (Phi) is 7.25. The van der Waals surface area contributed by atoms with Crippen LogP contribution in [0.3, 0.4) is 0 Å². The number of imidazole rings is 1. The molecule has 0 spiro atoms. The molecule has 0 bridgehead atoms. The Morgan fingerprint density at radius 3 is 2.38 bits per heavy atom. The van der Waals surface area contributed by atoms with Crippen LogP contribution in [-0.4, -0.2) is 55.3 Å². The minimum Gasteiger partial charge on any atom is -0.394 e. The standard InChI is InChI=1S/C33H29F4N7O/c1-17-2-3-26(39-13-17)29(16-45)44-15-23(32-41-27-11-24(36)25(37)12-28(27)42-32)30-31(43-6-4-21(38)5-7-43)22(14-40-33(30)44)18-8-19(34)10-20(35)9-18/h2-3,8-15,21,29,45H,4-7,16,38H2,1H3,(H,41,42). The molecule has 230 valence electrons. The summed E-state index contributed by atoms with van der Waals surface area (Å²) in [7, 11) is 0. The van der Waals surface area contributed by atoms with E-state index in [1.165, 1.54) is 12.1 Å². The highest BCUT2D eigenvalue weighted by atomic mass is 19.2. The highest BCUT2D eigenvalue weighted by Crippen LogP contribution is 2.44. The van der Waals surface area contributed by atoms with Crippen molar-refractivity contribution in [2.75, 3.05) is 24.6 Å². The number of nitrogens with two attached hydrogens (primary N) is 1. The number of aliphatic hydroxyl groups is 1. The van der Waals surface area contributed by atoms with E-state index in [9.17, 15) is 22.7 Å². The second-order valence-electron chi connectivity index (χ2n) is 11.5. The smallest absolute Gasteiger partial charge is 0.161 e. The van der Waals surface area contributed by atoms with Crippen LogP contribution in [-0.2, 0) is 0 Å². The van der Waals surface area contributed by atoms with Crippen molar-refractivity contribution in [1.82, 2.24) is 24.5 Å². The lowest BCUT2D eigenvalue weighted by Crippen LogP contribution is -2.40. The second kappa shape index (κ2) is 11.3. The van der Waals surface area contributed by atoms with E-state index in [-0.39, 0.29) is 29.2 Å². The van der Waals surface area contributed by atoms with E-state index in [1.54, 1.807) is 23.2 Å². The van der Waals surface area contributed by atoms with E-state index in [0.29, 0.717) is 65.3 Å². The number of halogens is 4. The zero-order chi connectivity index (χ0) is 31.4. The molecule has 0 amide bonds. The molecule has 1 saturated heterocycles. The minimum atomic E-state index is -1.03. The van der Waals surface area contributed by atoms with Crippen LogP contribution in [0, 0.1) is 30.2 Å². The fourth-order valence-corrected chi connectivity index (χ4v) is 6.12. The molecule has 0 radical (unpaired) electrons. The number of nitrogens with zero attached hydrogens (tertiary/aromatic N) is 5. The molecular formula is C33H29F4N7O. The zero-order valence-corrected chi connectivity index (χ0v) is 24.2. The maximum Gasteiger partial charge on any atom is 0.161 e. The normalized spacial score (nSPS) is 15.0. The Hall–Kier alpha value is -4.81. The van der Waals surface area contributed by atoms with Crippen molar-refractivity contribution in [1.29, 1.82) is 0 Å². The van der Waals surface area contributed by atoms with Gasteiger partial charge in [0.2, 0.25) is 0 Å². The van der Waals surface area contributed by atoms with Gasteiger partial charge in [0.1, 0.15) is 29.1 Å². The lowest BCUT2D eigenvalue weighted by atomic mass is 9.98. The number of aliphatic hydroxyl groups excluding tert-OH is 1. The molecule has 4 N–H and O–H groups in total. The molecule has 5 heterocycles. The van der Waals surface area contributed by atoms with Crippen molar-refractivity contribution in [3.63, 3.8) is 0 Å². The summed E-state index contributed by atoms with van der Waals surface area (Å²) in [6, 6.07) is 8.43. The summed E-state index contributed by atoms with van der Waals surface area (Å²) >= 11 is 0. The fourth-order valence-electron chi connectivity index (χ4n) is 6.12. The van der Waals surface area contributed by atoms with Crippen LogP contribution in [0.15, 0.2) is 61.1 Å². The van der Waals surface area contributed by atoms with Crippen molar-refractivity contribution in [3.05, 3.63) is 95.6 Å². The third kappa shape index (κ3) is 5.19. The number of anilines is 1. The van der Waals surface area contributed by atoms with Gasteiger partial charge in [-0.15, -0.1) is 0 Å². The summed E-state index contributed by atoms with van der Waals surface area (Å²) in [6.07, 6.45) is 6.42. The first-order chi connectivity index (χ1) is 21.7. The fraction of sp³-hybridized carbons (Fsp3) is 0.242. The first-order valence-electron chi connectivity index (χ1n) is 14.6. The van der Waals surface area contributed by atoms with Gasteiger partial charge in [-0.2, -0.15) is 0 Å². The molecule has 7 rings (SSSR count). The maximum atomic E-state index is 14.5. The summed E-state index contributed by atoms with van der Waals surface area (Å²) in [5.74, 6) is -3.22. The van der Waals surface area contributed by atoms with Crippen molar-refractivity contribution < 1.29 is 22.7 Å². The number of hydrogen-bond donors (Lipinski definition) is 3. The molecule has 1 unspecified atom stereocenters. The summed E-state index contributed by atoms with van der Waals surface area (Å²) in [5.41, 5.74) is 10.7. The van der Waals surface area contributed by atoms with Crippen molar-refractivity contribution >= 4 is 27.8 Å². The van der Waals surface area contributed by atoms with Crippen LogP contribution in [0.4, 0.5) is 23.2 Å². The van der Waals surface area contributed by atoms with Crippen LogP contribution >= 0.6 is 0 Å². The number of aromatic amines is 1. The number of pyridine rings is 2. The molecule has 6 aromatic rings. The number of rotatable bonds is 6. The molecule has 1 aliphatic rings. The molecular weight excluding hydrogens is 586 g/mol. The third-order valence-electron chi connectivity index (χ3n) is 8.41. The molecule has 45 heavy (non-hydrogen) atoms. The average Bonchev–Trinajstić information content (AvgIpc) is 3.59. The van der Waals surface area contributed by atoms with Crippen LogP contribution in [0.5, 0.6) is 0 Å². The first-order valence-corrected chi connectivity index (χ1v) is 14.6. The first kappa shape index (κ1) is 28.9. The van der Waals surface area contributed by atoms with Gasteiger partial charge >= 0.3 is 0 Å². The molecule has 0 aliphatic carbocycles. The lowest BCUT2D eigenvalue weighted by molar-refractivity contribution is 0.249. The summed E-state index contributed by atoms with van der Waals surface area (Å²) in [5, 5.41) is 11.2. The van der Waals surface area contributed by atoms with Gasteiger partial charge < -0.3 is 25.3 Å². The second-order valence-corrected chi connectivity index (χ2v) is 11.5. The quantitative estimate of drug-likeness (QED) is 0.198. The van der Waals surface area contributed by atoms with Crippen LogP contribution in [0.1, 0.15) is 30.1 Å². The minimum absolute atomic E-state index is 0.00394. The largest absolute Gasteiger partial charge is 0.394 e. The number of benzene rings is 2. The summed E-state index contributed by atoms with van der Waals surface area (Å²) in [6.45, 7) is 2.73. The van der Waals surface area contributed by atoms with Gasteiger partial charge in [0.05, 0.1) is 34.4 Å². The zero-order valence-electron chi connectivity index (χ0n) is 24.2. The van der Waals surface area contributed by atoms with E-state index >= 15 is 0 Å². The maximum absolute atomic E-state index is 14.5. The molecule has 0 saturated carbocycles. The number of aromatic nitrogens is 5. The van der Waals surface area contributed by atoms with Gasteiger partial charge in [0.25, 0.3) is 0 Å². The predicted molar refractivity (Wildman–Crippen MR) is 164 cm³/mol. The van der Waals surface area contributed by atoms with E-state index in [1.807, 2.05) is 19.1 Å². The van der Waals surface area contributed by atoms with E-state index in [0.717, 1.165) is 23.8 Å². The predicted octanol–water partition coefficient (Wildman–Crippen LogP) is 6.02. The Bertz CT molecular complexity index is 1990. The third-order valence-corrected chi connectivity index (χ3v) is 8.41. The van der Waals surface area contributed by atoms with Gasteiger partial charge in [0.15, 0.2) is 11.6 Å².